The molecule has 0 aliphatic carbocycles. The Labute approximate surface area is 121 Å². The highest BCUT2D eigenvalue weighted by molar-refractivity contribution is 6.29. The van der Waals surface area contributed by atoms with E-state index in [1.165, 1.54) is 24.4 Å². The van der Waals surface area contributed by atoms with Crippen LogP contribution in [0, 0.1) is 5.82 Å². The molecule has 1 amide bonds. The Balaban J connectivity index is 2.58. The van der Waals surface area contributed by atoms with E-state index >= 15 is 0 Å². The summed E-state index contributed by atoms with van der Waals surface area (Å²) in [5, 5.41) is 11.5. The van der Waals surface area contributed by atoms with Crippen LogP contribution in [0.3, 0.4) is 0 Å². The van der Waals surface area contributed by atoms with Crippen LogP contribution in [0.4, 0.5) is 4.39 Å². The first-order valence-electron chi connectivity index (χ1n) is 5.82. The van der Waals surface area contributed by atoms with Gasteiger partial charge < -0.3 is 16.2 Å². The molecular weight excluding hydrogens is 285 g/mol. The van der Waals surface area contributed by atoms with Crippen molar-refractivity contribution >= 4 is 23.6 Å². The Morgan fingerprint density at radius 1 is 1.70 bits per heavy atom. The largest absolute Gasteiger partial charge is 0.511 e. The number of aliphatic hydroxyl groups is 1. The standard InChI is InChI=1S/C13H15ClFN3O2/c1-2-10(19)9(16)7-18-11(20)4-3-8-5-6-17-13(14)12(8)15/h2-6,9,19H,7,16H2,1H3,(H,18,20)/b4-3+,10-2?/t9-/m0/s1. The molecule has 1 aromatic rings. The molecule has 0 saturated carbocycles. The molecule has 0 bridgehead atoms. The van der Waals surface area contributed by atoms with Crippen molar-refractivity contribution in [1.82, 2.24) is 10.3 Å². The molecule has 0 spiro atoms. The Bertz CT molecular complexity index is 546. The lowest BCUT2D eigenvalue weighted by atomic mass is 10.2. The van der Waals surface area contributed by atoms with Gasteiger partial charge in [0.05, 0.1) is 6.04 Å². The van der Waals surface area contributed by atoms with Crippen molar-refractivity contribution in [2.24, 2.45) is 5.73 Å². The number of allylic oxidation sites excluding steroid dienone is 1. The maximum absolute atomic E-state index is 13.5. The summed E-state index contributed by atoms with van der Waals surface area (Å²) in [6.07, 6.45) is 5.21. The highest BCUT2D eigenvalue weighted by atomic mass is 35.5. The van der Waals surface area contributed by atoms with Crippen molar-refractivity contribution in [3.05, 3.63) is 46.7 Å². The van der Waals surface area contributed by atoms with Gasteiger partial charge >= 0.3 is 0 Å². The molecule has 1 atom stereocenters. The summed E-state index contributed by atoms with van der Waals surface area (Å²) in [5.41, 5.74) is 5.74. The molecule has 0 aliphatic heterocycles. The number of rotatable bonds is 5. The molecular formula is C13H15ClFN3O2. The Morgan fingerprint density at radius 2 is 2.40 bits per heavy atom. The number of hydrogen-bond donors (Lipinski definition) is 3. The number of nitrogens with two attached hydrogens (primary N) is 1. The maximum Gasteiger partial charge on any atom is 0.244 e. The predicted octanol–water partition coefficient (Wildman–Crippen LogP) is 1.79. The zero-order valence-electron chi connectivity index (χ0n) is 10.8. The number of carbonyl (C=O) groups excluding carboxylic acids is 1. The SMILES string of the molecule is CC=C(O)[C@@H](N)CNC(=O)/C=C/c1ccnc(Cl)c1F. The highest BCUT2D eigenvalue weighted by Gasteiger charge is 2.08. The predicted molar refractivity (Wildman–Crippen MR) is 75.6 cm³/mol. The van der Waals surface area contributed by atoms with E-state index in [1.54, 1.807) is 6.92 Å². The zero-order valence-corrected chi connectivity index (χ0v) is 11.6. The molecule has 0 unspecified atom stereocenters. The number of pyridine rings is 1. The van der Waals surface area contributed by atoms with E-state index in [0.29, 0.717) is 0 Å². The van der Waals surface area contributed by atoms with Gasteiger partial charge in [0.2, 0.25) is 5.91 Å². The molecule has 108 valence electrons. The quantitative estimate of drug-likeness (QED) is 0.439. The minimum absolute atomic E-state index is 0.0127. The van der Waals surface area contributed by atoms with Crippen LogP contribution in [0.1, 0.15) is 12.5 Å². The lowest BCUT2D eigenvalue weighted by molar-refractivity contribution is -0.116. The van der Waals surface area contributed by atoms with Gasteiger partial charge in [0.1, 0.15) is 5.76 Å². The number of nitrogens with zero attached hydrogens (tertiary/aromatic N) is 1. The first-order chi connectivity index (χ1) is 9.45. The Kier molecular flexibility index (Phi) is 6.14. The number of aromatic nitrogens is 1. The molecule has 0 fully saturated rings. The summed E-state index contributed by atoms with van der Waals surface area (Å²) in [6, 6.07) is 0.715. The molecule has 1 heterocycles. The number of hydrogen-bond acceptors (Lipinski definition) is 4. The van der Waals surface area contributed by atoms with Crippen LogP contribution in [0.15, 0.2) is 30.2 Å². The normalized spacial score (nSPS) is 13.5. The van der Waals surface area contributed by atoms with Crippen LogP contribution < -0.4 is 11.1 Å². The third-order valence-electron chi connectivity index (χ3n) is 2.46. The molecule has 1 rings (SSSR count). The summed E-state index contributed by atoms with van der Waals surface area (Å²) >= 11 is 5.51. The molecule has 4 N–H and O–H groups in total. The molecule has 7 heteroatoms. The van der Waals surface area contributed by atoms with E-state index in [4.69, 9.17) is 17.3 Å². The second-order valence-electron chi connectivity index (χ2n) is 3.90. The first-order valence-corrected chi connectivity index (χ1v) is 6.20. The minimum Gasteiger partial charge on any atom is -0.511 e. The summed E-state index contributed by atoms with van der Waals surface area (Å²) in [7, 11) is 0. The molecule has 20 heavy (non-hydrogen) atoms. The van der Waals surface area contributed by atoms with Crippen LogP contribution in [0.2, 0.25) is 5.15 Å². The van der Waals surface area contributed by atoms with Gasteiger partial charge in [-0.3, -0.25) is 4.79 Å². The van der Waals surface area contributed by atoms with E-state index < -0.39 is 17.8 Å². The van der Waals surface area contributed by atoms with E-state index in [-0.39, 0.29) is 23.0 Å². The van der Waals surface area contributed by atoms with Crippen LogP contribution >= 0.6 is 11.6 Å². The molecule has 5 nitrogen and oxygen atoms in total. The monoisotopic (exact) mass is 299 g/mol. The van der Waals surface area contributed by atoms with Crippen molar-refractivity contribution in [3.63, 3.8) is 0 Å². The number of nitrogens with one attached hydrogen (secondary N) is 1. The fourth-order valence-electron chi connectivity index (χ4n) is 1.31. The average molecular weight is 300 g/mol. The lowest BCUT2D eigenvalue weighted by Gasteiger charge is -2.10. The fraction of sp³-hybridized carbons (Fsp3) is 0.231. The molecule has 0 aromatic carbocycles. The lowest BCUT2D eigenvalue weighted by Crippen LogP contribution is -2.37. The van der Waals surface area contributed by atoms with Gasteiger partial charge in [-0.2, -0.15) is 0 Å². The third kappa shape index (κ3) is 4.64. The van der Waals surface area contributed by atoms with E-state index in [0.717, 1.165) is 6.08 Å². The second-order valence-corrected chi connectivity index (χ2v) is 4.26. The molecule has 0 radical (unpaired) electrons. The minimum atomic E-state index is -0.693. The van der Waals surface area contributed by atoms with Crippen molar-refractivity contribution in [3.8, 4) is 0 Å². The zero-order chi connectivity index (χ0) is 15.1. The van der Waals surface area contributed by atoms with Gasteiger partial charge in [-0.05, 0) is 25.1 Å². The Morgan fingerprint density at radius 3 is 3.05 bits per heavy atom. The van der Waals surface area contributed by atoms with Crippen molar-refractivity contribution in [1.29, 1.82) is 0 Å². The van der Waals surface area contributed by atoms with Crippen LogP contribution in [-0.2, 0) is 4.79 Å². The van der Waals surface area contributed by atoms with Crippen LogP contribution in [0.5, 0.6) is 0 Å². The summed E-state index contributed by atoms with van der Waals surface area (Å²) in [6.45, 7) is 1.70. The fourth-order valence-corrected chi connectivity index (χ4v) is 1.48. The van der Waals surface area contributed by atoms with Crippen molar-refractivity contribution < 1.29 is 14.3 Å². The van der Waals surface area contributed by atoms with E-state index in [2.05, 4.69) is 10.3 Å². The third-order valence-corrected chi connectivity index (χ3v) is 2.73. The second kappa shape index (κ2) is 7.62. The smallest absolute Gasteiger partial charge is 0.244 e. The summed E-state index contributed by atoms with van der Waals surface area (Å²) < 4.78 is 13.5. The van der Waals surface area contributed by atoms with Crippen LogP contribution in [-0.4, -0.2) is 28.6 Å². The summed E-state index contributed by atoms with van der Waals surface area (Å²) in [5.74, 6) is -1.17. The number of halogens is 2. The van der Waals surface area contributed by atoms with Gasteiger partial charge in [-0.1, -0.05) is 11.6 Å². The van der Waals surface area contributed by atoms with Crippen molar-refractivity contribution in [2.45, 2.75) is 13.0 Å². The molecule has 0 saturated heterocycles. The molecule has 0 aliphatic rings. The summed E-state index contributed by atoms with van der Waals surface area (Å²) in [4.78, 5) is 15.1. The number of aliphatic hydroxyl groups excluding tert-OH is 1. The number of amides is 1. The topological polar surface area (TPSA) is 88.2 Å². The van der Waals surface area contributed by atoms with Gasteiger partial charge in [0, 0.05) is 24.4 Å². The maximum atomic E-state index is 13.5. The van der Waals surface area contributed by atoms with Crippen molar-refractivity contribution in [2.75, 3.05) is 6.54 Å². The van der Waals surface area contributed by atoms with Gasteiger partial charge in [0.15, 0.2) is 11.0 Å². The van der Waals surface area contributed by atoms with Gasteiger partial charge in [0.25, 0.3) is 0 Å². The highest BCUT2D eigenvalue weighted by Crippen LogP contribution is 2.15. The first kappa shape index (κ1) is 16.1. The number of carbonyl (C=O) groups is 1. The van der Waals surface area contributed by atoms with Gasteiger partial charge in [-0.15, -0.1) is 0 Å². The van der Waals surface area contributed by atoms with Crippen LogP contribution in [0.25, 0.3) is 6.08 Å². The van der Waals surface area contributed by atoms with E-state index in [9.17, 15) is 14.3 Å². The molecule has 1 aromatic heterocycles. The van der Waals surface area contributed by atoms with E-state index in [1.807, 2.05) is 0 Å². The van der Waals surface area contributed by atoms with Gasteiger partial charge in [-0.25, -0.2) is 9.37 Å². The Hall–Kier alpha value is -1.92. The average Bonchev–Trinajstić information content (AvgIpc) is 2.45.